The molecule has 0 aliphatic heterocycles. The molecule has 1 aromatic carbocycles. The van der Waals surface area contributed by atoms with Gasteiger partial charge in [0, 0.05) is 16.8 Å². The standard InChI is InChI=1S/C20H18ClN3O5S/c1-30(26,27)11-22-7-13-3-5-16(28-13)17(25)24-20-8-19(9-20,10-20)18-23-14-6-12(21)2-4-15(14)29-18/h2-7H,8-11H2,1H3,(H,24,25). The zero-order valence-corrected chi connectivity index (χ0v) is 17.6. The highest BCUT2D eigenvalue weighted by molar-refractivity contribution is 7.90. The van der Waals surface area contributed by atoms with E-state index >= 15 is 0 Å². The van der Waals surface area contributed by atoms with E-state index in [0.717, 1.165) is 31.0 Å². The maximum Gasteiger partial charge on any atom is 0.287 e. The average molecular weight is 448 g/mol. The number of carbonyl (C=O) groups is 1. The molecule has 2 bridgehead atoms. The van der Waals surface area contributed by atoms with Crippen molar-refractivity contribution in [3.63, 3.8) is 0 Å². The van der Waals surface area contributed by atoms with Gasteiger partial charge >= 0.3 is 0 Å². The van der Waals surface area contributed by atoms with Gasteiger partial charge in [0.05, 0.1) is 11.6 Å². The Kier molecular flexibility index (Phi) is 4.14. The molecule has 2 aromatic heterocycles. The van der Waals surface area contributed by atoms with E-state index in [2.05, 4.69) is 15.3 Å². The number of rotatable bonds is 6. The minimum Gasteiger partial charge on any atom is -0.450 e. The summed E-state index contributed by atoms with van der Waals surface area (Å²) in [6, 6.07) is 8.48. The fraction of sp³-hybridized carbons (Fsp3) is 0.350. The molecule has 0 spiro atoms. The molecule has 2 heterocycles. The zero-order chi connectivity index (χ0) is 21.1. The summed E-state index contributed by atoms with van der Waals surface area (Å²) >= 11 is 6.01. The molecule has 3 aliphatic rings. The average Bonchev–Trinajstić information content (AvgIpc) is 3.22. The van der Waals surface area contributed by atoms with Crippen molar-refractivity contribution in [1.82, 2.24) is 10.3 Å². The van der Waals surface area contributed by atoms with Crippen molar-refractivity contribution in [2.24, 2.45) is 4.99 Å². The van der Waals surface area contributed by atoms with E-state index in [-0.39, 0.29) is 28.5 Å². The Morgan fingerprint density at radius 3 is 2.77 bits per heavy atom. The highest BCUT2D eigenvalue weighted by Crippen LogP contribution is 2.67. The molecule has 3 fully saturated rings. The Morgan fingerprint density at radius 1 is 1.27 bits per heavy atom. The molecular formula is C20H18ClN3O5S. The molecule has 30 heavy (non-hydrogen) atoms. The van der Waals surface area contributed by atoms with Crippen LogP contribution in [0.2, 0.25) is 5.02 Å². The molecule has 3 aromatic rings. The van der Waals surface area contributed by atoms with Crippen molar-refractivity contribution in [3.05, 3.63) is 52.8 Å². The summed E-state index contributed by atoms with van der Waals surface area (Å²) in [4.78, 5) is 20.9. The third kappa shape index (κ3) is 3.31. The Morgan fingerprint density at radius 2 is 2.03 bits per heavy atom. The zero-order valence-electron chi connectivity index (χ0n) is 16.0. The molecule has 1 amide bonds. The van der Waals surface area contributed by atoms with Crippen LogP contribution in [0.5, 0.6) is 0 Å². The first-order valence-corrected chi connectivity index (χ1v) is 11.8. The number of nitrogens with zero attached hydrogens (tertiary/aromatic N) is 2. The van der Waals surface area contributed by atoms with Gasteiger partial charge in [-0.2, -0.15) is 0 Å². The maximum atomic E-state index is 12.5. The summed E-state index contributed by atoms with van der Waals surface area (Å²) in [6.07, 6.45) is 4.67. The summed E-state index contributed by atoms with van der Waals surface area (Å²) in [5.41, 5.74) is 1.04. The van der Waals surface area contributed by atoms with Crippen LogP contribution >= 0.6 is 11.6 Å². The number of benzene rings is 1. The number of furan rings is 1. The minimum absolute atomic E-state index is 0.134. The van der Waals surface area contributed by atoms with Crippen LogP contribution in [-0.4, -0.2) is 43.2 Å². The van der Waals surface area contributed by atoms with E-state index in [1.807, 2.05) is 6.07 Å². The smallest absolute Gasteiger partial charge is 0.287 e. The molecule has 3 saturated carbocycles. The predicted octanol–water partition coefficient (Wildman–Crippen LogP) is 3.10. The molecule has 0 unspecified atom stereocenters. The van der Waals surface area contributed by atoms with Crippen LogP contribution < -0.4 is 5.32 Å². The Balaban J connectivity index is 1.22. The van der Waals surface area contributed by atoms with Gasteiger partial charge in [-0.05, 0) is 49.6 Å². The van der Waals surface area contributed by atoms with Gasteiger partial charge in [0.2, 0.25) is 5.89 Å². The third-order valence-electron chi connectivity index (χ3n) is 5.59. The lowest BCUT2D eigenvalue weighted by molar-refractivity contribution is -0.0958. The number of oxazole rings is 1. The molecule has 0 saturated heterocycles. The number of sulfone groups is 1. The number of halogens is 1. The number of fused-ring (bicyclic) bond motifs is 1. The largest absolute Gasteiger partial charge is 0.450 e. The monoisotopic (exact) mass is 447 g/mol. The van der Waals surface area contributed by atoms with Crippen LogP contribution in [0.25, 0.3) is 11.1 Å². The molecular weight excluding hydrogens is 430 g/mol. The second kappa shape index (κ2) is 6.42. The molecule has 10 heteroatoms. The van der Waals surface area contributed by atoms with E-state index in [1.165, 1.54) is 6.21 Å². The quantitative estimate of drug-likeness (QED) is 0.580. The lowest BCUT2D eigenvalue weighted by atomic mass is 9.39. The first-order chi connectivity index (χ1) is 14.2. The van der Waals surface area contributed by atoms with Crippen molar-refractivity contribution < 1.29 is 22.0 Å². The molecule has 1 N–H and O–H groups in total. The van der Waals surface area contributed by atoms with Gasteiger partial charge in [-0.1, -0.05) is 11.6 Å². The maximum absolute atomic E-state index is 12.5. The number of hydrogen-bond donors (Lipinski definition) is 1. The molecule has 3 aliphatic carbocycles. The number of aliphatic imine (C=N–C) groups is 1. The third-order valence-corrected chi connectivity index (χ3v) is 6.44. The van der Waals surface area contributed by atoms with E-state index < -0.39 is 9.84 Å². The normalized spacial score (nSPS) is 25.3. The molecule has 8 nitrogen and oxygen atoms in total. The van der Waals surface area contributed by atoms with Crippen molar-refractivity contribution >= 4 is 44.7 Å². The van der Waals surface area contributed by atoms with Gasteiger partial charge in [-0.3, -0.25) is 9.79 Å². The Hall–Kier alpha value is -2.65. The van der Waals surface area contributed by atoms with Gasteiger partial charge in [0.1, 0.15) is 17.2 Å². The van der Waals surface area contributed by atoms with Crippen LogP contribution in [0.4, 0.5) is 0 Å². The first-order valence-electron chi connectivity index (χ1n) is 9.32. The topological polar surface area (TPSA) is 115 Å². The second-order valence-corrected chi connectivity index (χ2v) is 10.8. The minimum atomic E-state index is -3.20. The lowest BCUT2D eigenvalue weighted by Crippen LogP contribution is -2.76. The van der Waals surface area contributed by atoms with Crippen LogP contribution in [-0.2, 0) is 15.3 Å². The van der Waals surface area contributed by atoms with Crippen molar-refractivity contribution in [1.29, 1.82) is 0 Å². The number of hydrogen-bond acceptors (Lipinski definition) is 7. The molecule has 0 atom stereocenters. The number of amides is 1. The Labute approximate surface area is 177 Å². The highest BCUT2D eigenvalue weighted by atomic mass is 35.5. The summed E-state index contributed by atoms with van der Waals surface area (Å²) in [6.45, 7) is 0. The van der Waals surface area contributed by atoms with Crippen molar-refractivity contribution in [2.75, 3.05) is 12.1 Å². The fourth-order valence-electron chi connectivity index (χ4n) is 4.38. The van der Waals surface area contributed by atoms with Crippen LogP contribution in [0.1, 0.15) is 41.5 Å². The van der Waals surface area contributed by atoms with Gasteiger partial charge in [-0.25, -0.2) is 13.4 Å². The van der Waals surface area contributed by atoms with Gasteiger partial charge in [0.15, 0.2) is 21.2 Å². The summed E-state index contributed by atoms with van der Waals surface area (Å²) < 4.78 is 33.6. The number of aromatic nitrogens is 1. The van der Waals surface area contributed by atoms with Crippen molar-refractivity contribution in [3.8, 4) is 0 Å². The van der Waals surface area contributed by atoms with E-state index in [9.17, 15) is 13.2 Å². The number of carbonyl (C=O) groups excluding carboxylic acids is 1. The highest BCUT2D eigenvalue weighted by Gasteiger charge is 2.71. The second-order valence-electron chi connectivity index (χ2n) is 8.24. The molecule has 156 valence electrons. The van der Waals surface area contributed by atoms with Crippen molar-refractivity contribution in [2.45, 2.75) is 30.2 Å². The first kappa shape index (κ1) is 19.3. The number of nitrogens with one attached hydrogen (secondary N) is 1. The summed E-state index contributed by atoms with van der Waals surface area (Å²) in [5, 5.41) is 3.66. The van der Waals surface area contributed by atoms with E-state index in [4.69, 9.17) is 20.4 Å². The van der Waals surface area contributed by atoms with Gasteiger partial charge in [-0.15, -0.1) is 0 Å². The van der Waals surface area contributed by atoms with E-state index in [0.29, 0.717) is 22.3 Å². The SMILES string of the molecule is CS(=O)(=O)CN=Cc1ccc(C(=O)NC23CC(c4nc5cc(Cl)ccc5o4)(C2)C3)o1. The van der Waals surface area contributed by atoms with Gasteiger partial charge < -0.3 is 14.2 Å². The predicted molar refractivity (Wildman–Crippen MR) is 111 cm³/mol. The van der Waals surface area contributed by atoms with Crippen LogP contribution in [0.15, 0.2) is 44.2 Å². The molecule has 0 radical (unpaired) electrons. The van der Waals surface area contributed by atoms with E-state index in [1.54, 1.807) is 24.3 Å². The lowest BCUT2D eigenvalue weighted by Gasteiger charge is -2.68. The fourth-order valence-corrected chi connectivity index (χ4v) is 4.90. The molecule has 6 rings (SSSR count). The Bertz CT molecular complexity index is 1290. The van der Waals surface area contributed by atoms with Crippen LogP contribution in [0, 0.1) is 0 Å². The summed E-state index contributed by atoms with van der Waals surface area (Å²) in [7, 11) is -3.20. The summed E-state index contributed by atoms with van der Waals surface area (Å²) in [5.74, 6) is 0.533. The van der Waals surface area contributed by atoms with Gasteiger partial charge in [0.25, 0.3) is 5.91 Å². The van der Waals surface area contributed by atoms with Crippen LogP contribution in [0.3, 0.4) is 0 Å².